The van der Waals surface area contributed by atoms with E-state index < -0.39 is 0 Å². The highest BCUT2D eigenvalue weighted by molar-refractivity contribution is 4.72. The summed E-state index contributed by atoms with van der Waals surface area (Å²) in [6.45, 7) is 9.71. The van der Waals surface area contributed by atoms with E-state index in [-0.39, 0.29) is 0 Å². The molecule has 0 heterocycles. The average molecular weight is 268 g/mol. The summed E-state index contributed by atoms with van der Waals surface area (Å²) in [5.41, 5.74) is 0. The van der Waals surface area contributed by atoms with Crippen LogP contribution in [0.25, 0.3) is 0 Å². The summed E-state index contributed by atoms with van der Waals surface area (Å²) >= 11 is 0. The second kappa shape index (κ2) is 11.7. The lowest BCUT2D eigenvalue weighted by Gasteiger charge is -2.25. The molecule has 1 saturated carbocycles. The minimum absolute atomic E-state index is 0.827. The van der Waals surface area contributed by atoms with Crippen LogP contribution in [-0.2, 0) is 0 Å². The first kappa shape index (κ1) is 17.0. The van der Waals surface area contributed by atoms with E-state index in [0.29, 0.717) is 0 Å². The smallest absolute Gasteiger partial charge is 0.00670 e. The zero-order valence-corrected chi connectivity index (χ0v) is 13.4. The van der Waals surface area contributed by atoms with Crippen LogP contribution in [0.1, 0.15) is 78.1 Å². The van der Waals surface area contributed by atoms with E-state index in [0.717, 1.165) is 6.04 Å². The van der Waals surface area contributed by atoms with Crippen molar-refractivity contribution in [2.24, 2.45) is 0 Å². The molecule has 0 spiro atoms. The van der Waals surface area contributed by atoms with Crippen molar-refractivity contribution in [3.63, 3.8) is 0 Å². The normalized spacial score (nSPS) is 17.2. The van der Waals surface area contributed by atoms with Gasteiger partial charge in [0.25, 0.3) is 0 Å². The van der Waals surface area contributed by atoms with Crippen molar-refractivity contribution >= 4 is 0 Å². The SMILES string of the molecule is CCCCN(CCCC)CCCNC1CCCCC1. The molecule has 0 amide bonds. The molecule has 0 saturated heterocycles. The molecule has 1 aliphatic rings. The average Bonchev–Trinajstić information content (AvgIpc) is 2.46. The summed E-state index contributed by atoms with van der Waals surface area (Å²) in [4.78, 5) is 2.68. The lowest BCUT2D eigenvalue weighted by molar-refractivity contribution is 0.257. The van der Waals surface area contributed by atoms with E-state index in [1.165, 1.54) is 90.4 Å². The summed E-state index contributed by atoms with van der Waals surface area (Å²) in [5.74, 6) is 0. The Morgan fingerprint density at radius 2 is 1.42 bits per heavy atom. The van der Waals surface area contributed by atoms with Crippen LogP contribution < -0.4 is 5.32 Å². The number of nitrogens with one attached hydrogen (secondary N) is 1. The van der Waals surface area contributed by atoms with Gasteiger partial charge in [-0.3, -0.25) is 0 Å². The summed E-state index contributed by atoms with van der Waals surface area (Å²) in [5, 5.41) is 3.76. The van der Waals surface area contributed by atoms with Gasteiger partial charge in [-0.15, -0.1) is 0 Å². The third-order valence-corrected chi connectivity index (χ3v) is 4.35. The van der Waals surface area contributed by atoms with Crippen molar-refractivity contribution in [2.75, 3.05) is 26.2 Å². The van der Waals surface area contributed by atoms with Crippen molar-refractivity contribution < 1.29 is 0 Å². The molecule has 1 fully saturated rings. The molecule has 0 aromatic carbocycles. The van der Waals surface area contributed by atoms with Gasteiger partial charge in [-0.05, 0) is 58.3 Å². The Balaban J connectivity index is 2.04. The Hall–Kier alpha value is -0.0800. The van der Waals surface area contributed by atoms with E-state index in [1.54, 1.807) is 0 Å². The lowest BCUT2D eigenvalue weighted by atomic mass is 9.95. The molecule has 0 aromatic rings. The van der Waals surface area contributed by atoms with E-state index in [1.807, 2.05) is 0 Å². The highest BCUT2D eigenvalue weighted by Crippen LogP contribution is 2.17. The monoisotopic (exact) mass is 268 g/mol. The molecule has 0 radical (unpaired) electrons. The molecule has 2 heteroatoms. The van der Waals surface area contributed by atoms with Gasteiger partial charge < -0.3 is 10.2 Å². The molecule has 19 heavy (non-hydrogen) atoms. The predicted octanol–water partition coefficient (Wildman–Crippen LogP) is 4.20. The van der Waals surface area contributed by atoms with E-state index >= 15 is 0 Å². The van der Waals surface area contributed by atoms with Crippen molar-refractivity contribution in [3.8, 4) is 0 Å². The maximum Gasteiger partial charge on any atom is 0.00670 e. The highest BCUT2D eigenvalue weighted by Gasteiger charge is 2.12. The molecule has 0 bridgehead atoms. The van der Waals surface area contributed by atoms with Gasteiger partial charge >= 0.3 is 0 Å². The zero-order chi connectivity index (χ0) is 13.8. The predicted molar refractivity (Wildman–Crippen MR) is 85.7 cm³/mol. The fourth-order valence-corrected chi connectivity index (χ4v) is 3.01. The van der Waals surface area contributed by atoms with Crippen LogP contribution in [0.5, 0.6) is 0 Å². The molecule has 0 aromatic heterocycles. The van der Waals surface area contributed by atoms with Gasteiger partial charge in [0.15, 0.2) is 0 Å². The fourth-order valence-electron chi connectivity index (χ4n) is 3.01. The first-order valence-electron chi connectivity index (χ1n) is 8.82. The largest absolute Gasteiger partial charge is 0.314 e. The number of nitrogens with zero attached hydrogens (tertiary/aromatic N) is 1. The van der Waals surface area contributed by atoms with Gasteiger partial charge in [0.05, 0.1) is 0 Å². The van der Waals surface area contributed by atoms with E-state index in [9.17, 15) is 0 Å². The Labute approximate surface area is 121 Å². The van der Waals surface area contributed by atoms with E-state index in [4.69, 9.17) is 0 Å². The Kier molecular flexibility index (Phi) is 10.5. The van der Waals surface area contributed by atoms with Crippen molar-refractivity contribution in [3.05, 3.63) is 0 Å². The Morgan fingerprint density at radius 3 is 2.00 bits per heavy atom. The van der Waals surface area contributed by atoms with Crippen LogP contribution in [-0.4, -0.2) is 37.1 Å². The van der Waals surface area contributed by atoms with Gasteiger partial charge in [0.1, 0.15) is 0 Å². The summed E-state index contributed by atoms with van der Waals surface area (Å²) in [6.07, 6.45) is 13.9. The topological polar surface area (TPSA) is 15.3 Å². The lowest BCUT2D eigenvalue weighted by Crippen LogP contribution is -2.34. The van der Waals surface area contributed by atoms with Crippen LogP contribution in [0.4, 0.5) is 0 Å². The van der Waals surface area contributed by atoms with Gasteiger partial charge in [-0.2, -0.15) is 0 Å². The van der Waals surface area contributed by atoms with Gasteiger partial charge in [-0.1, -0.05) is 46.0 Å². The third-order valence-electron chi connectivity index (χ3n) is 4.35. The second-order valence-electron chi connectivity index (χ2n) is 6.19. The Bertz CT molecular complexity index is 180. The molecule has 0 atom stereocenters. The first-order chi connectivity index (χ1) is 9.36. The van der Waals surface area contributed by atoms with Gasteiger partial charge in [0, 0.05) is 6.04 Å². The minimum atomic E-state index is 0.827. The molecular weight excluding hydrogens is 232 g/mol. The van der Waals surface area contributed by atoms with Gasteiger partial charge in [-0.25, -0.2) is 0 Å². The molecule has 2 nitrogen and oxygen atoms in total. The van der Waals surface area contributed by atoms with Crippen LogP contribution in [0.2, 0.25) is 0 Å². The number of unbranched alkanes of at least 4 members (excludes halogenated alkanes) is 2. The van der Waals surface area contributed by atoms with Crippen LogP contribution in [0.15, 0.2) is 0 Å². The van der Waals surface area contributed by atoms with Crippen molar-refractivity contribution in [1.29, 1.82) is 0 Å². The molecular formula is C17H36N2. The first-order valence-corrected chi connectivity index (χ1v) is 8.82. The Morgan fingerprint density at radius 1 is 0.842 bits per heavy atom. The quantitative estimate of drug-likeness (QED) is 0.565. The molecule has 0 aliphatic heterocycles. The molecule has 114 valence electrons. The number of rotatable bonds is 11. The zero-order valence-electron chi connectivity index (χ0n) is 13.4. The molecule has 1 N–H and O–H groups in total. The van der Waals surface area contributed by atoms with Crippen LogP contribution in [0, 0.1) is 0 Å². The second-order valence-corrected chi connectivity index (χ2v) is 6.19. The summed E-state index contributed by atoms with van der Waals surface area (Å²) in [6, 6.07) is 0.827. The summed E-state index contributed by atoms with van der Waals surface area (Å²) < 4.78 is 0. The van der Waals surface area contributed by atoms with Crippen molar-refractivity contribution in [2.45, 2.75) is 84.1 Å². The van der Waals surface area contributed by atoms with Crippen LogP contribution in [0.3, 0.4) is 0 Å². The minimum Gasteiger partial charge on any atom is -0.314 e. The van der Waals surface area contributed by atoms with Gasteiger partial charge in [0.2, 0.25) is 0 Å². The molecule has 1 aliphatic carbocycles. The number of hydrogen-bond donors (Lipinski definition) is 1. The highest BCUT2D eigenvalue weighted by atomic mass is 15.1. The summed E-state index contributed by atoms with van der Waals surface area (Å²) in [7, 11) is 0. The number of hydrogen-bond acceptors (Lipinski definition) is 2. The van der Waals surface area contributed by atoms with Crippen LogP contribution >= 0.6 is 0 Å². The van der Waals surface area contributed by atoms with E-state index in [2.05, 4.69) is 24.1 Å². The standard InChI is InChI=1S/C17H36N2/c1-3-5-14-19(15-6-4-2)16-10-13-18-17-11-8-7-9-12-17/h17-18H,3-16H2,1-2H3. The maximum absolute atomic E-state index is 3.76. The molecule has 1 rings (SSSR count). The fraction of sp³-hybridized carbons (Fsp3) is 1.00. The van der Waals surface area contributed by atoms with Crippen molar-refractivity contribution in [1.82, 2.24) is 10.2 Å². The molecule has 0 unspecified atom stereocenters. The maximum atomic E-state index is 3.76. The third kappa shape index (κ3) is 8.65.